The first kappa shape index (κ1) is 22.3. The molecule has 0 saturated heterocycles. The van der Waals surface area contributed by atoms with E-state index in [2.05, 4.69) is 24.0 Å². The van der Waals surface area contributed by atoms with Crippen LogP contribution in [0.25, 0.3) is 10.2 Å². The second-order valence-corrected chi connectivity index (χ2v) is 8.70. The second-order valence-electron chi connectivity index (χ2n) is 6.81. The highest BCUT2D eigenvalue weighted by atomic mass is 35.5. The highest BCUT2D eigenvalue weighted by molar-refractivity contribution is 7.98. The van der Waals surface area contributed by atoms with E-state index in [1.165, 1.54) is 5.56 Å². The smallest absolute Gasteiger partial charge is 0.260 e. The minimum absolute atomic E-state index is 0. The molecule has 4 rings (SSSR count). The molecule has 0 saturated carbocycles. The molecule has 8 heteroatoms. The molecule has 0 atom stereocenters. The molecule has 0 aliphatic heterocycles. The average molecular weight is 459 g/mol. The molecule has 0 N–H and O–H groups in total. The number of thiazole rings is 1. The van der Waals surface area contributed by atoms with Crippen LogP contribution in [-0.2, 0) is 6.54 Å². The summed E-state index contributed by atoms with van der Waals surface area (Å²) >= 11 is 3.24. The van der Waals surface area contributed by atoms with Crippen LogP contribution in [-0.4, -0.2) is 33.2 Å². The number of anilines is 1. The van der Waals surface area contributed by atoms with Crippen molar-refractivity contribution in [3.8, 4) is 0 Å². The van der Waals surface area contributed by atoms with Crippen LogP contribution in [0.1, 0.15) is 22.3 Å². The van der Waals surface area contributed by atoms with E-state index >= 15 is 0 Å². The van der Waals surface area contributed by atoms with Gasteiger partial charge in [-0.15, -0.1) is 24.2 Å². The second kappa shape index (κ2) is 10.1. The Morgan fingerprint density at radius 1 is 1.20 bits per heavy atom. The first-order chi connectivity index (χ1) is 14.1. The lowest BCUT2D eigenvalue weighted by molar-refractivity contribution is 0.0986. The summed E-state index contributed by atoms with van der Waals surface area (Å²) in [6.45, 7) is 3.47. The van der Waals surface area contributed by atoms with Crippen LogP contribution in [0.2, 0.25) is 0 Å². The third-order valence-corrected chi connectivity index (χ3v) is 6.49. The molecule has 4 aromatic rings. The maximum atomic E-state index is 13.3. The maximum absolute atomic E-state index is 13.3. The van der Waals surface area contributed by atoms with Crippen molar-refractivity contribution >= 4 is 56.8 Å². The van der Waals surface area contributed by atoms with Gasteiger partial charge in [-0.2, -0.15) is 0 Å². The topological polar surface area (TPSA) is 51.0 Å². The van der Waals surface area contributed by atoms with Gasteiger partial charge in [0.05, 0.1) is 16.5 Å². The number of halogens is 1. The van der Waals surface area contributed by atoms with Gasteiger partial charge < -0.3 is 4.57 Å². The Labute approximate surface area is 190 Å². The minimum atomic E-state index is -0.0148. The van der Waals surface area contributed by atoms with Gasteiger partial charge in [-0.05, 0) is 61.6 Å². The zero-order valence-electron chi connectivity index (χ0n) is 16.8. The first-order valence-electron chi connectivity index (χ1n) is 9.43. The van der Waals surface area contributed by atoms with Crippen molar-refractivity contribution in [1.29, 1.82) is 0 Å². The van der Waals surface area contributed by atoms with Crippen molar-refractivity contribution in [2.75, 3.05) is 17.7 Å². The van der Waals surface area contributed by atoms with Gasteiger partial charge in [-0.3, -0.25) is 9.69 Å². The molecule has 0 aliphatic rings. The standard InChI is InChI=1S/C22H22N4OS2.ClH/c1-16-4-9-19-20(14-16)29-22(24-19)26(12-3-11-25-13-10-23-15-25)21(27)17-5-7-18(28-2)8-6-17;/h4-10,13-15H,3,11-12H2,1-2H3;1H. The number of rotatable bonds is 7. The quantitative estimate of drug-likeness (QED) is 0.334. The minimum Gasteiger partial charge on any atom is -0.337 e. The summed E-state index contributed by atoms with van der Waals surface area (Å²) in [5.74, 6) is -0.0148. The van der Waals surface area contributed by atoms with Crippen molar-refractivity contribution < 1.29 is 4.79 Å². The van der Waals surface area contributed by atoms with Gasteiger partial charge in [0.25, 0.3) is 5.91 Å². The number of thioether (sulfide) groups is 1. The van der Waals surface area contributed by atoms with Crippen LogP contribution in [0.3, 0.4) is 0 Å². The molecule has 0 bridgehead atoms. The SMILES string of the molecule is CSc1ccc(C(=O)N(CCCn2ccnc2)c2nc3ccc(C)cc3s2)cc1.Cl. The molecule has 5 nitrogen and oxygen atoms in total. The molecule has 156 valence electrons. The molecule has 0 fully saturated rings. The summed E-state index contributed by atoms with van der Waals surface area (Å²) in [4.78, 5) is 25.1. The van der Waals surface area contributed by atoms with Crippen LogP contribution in [0, 0.1) is 6.92 Å². The van der Waals surface area contributed by atoms with Crippen molar-refractivity contribution in [1.82, 2.24) is 14.5 Å². The Morgan fingerprint density at radius 2 is 2.00 bits per heavy atom. The van der Waals surface area contributed by atoms with E-state index in [1.807, 2.05) is 52.3 Å². The average Bonchev–Trinajstić information content (AvgIpc) is 3.40. The number of nitrogens with zero attached hydrogens (tertiary/aromatic N) is 4. The highest BCUT2D eigenvalue weighted by Gasteiger charge is 2.21. The molecule has 0 unspecified atom stereocenters. The van der Waals surface area contributed by atoms with Gasteiger partial charge in [-0.1, -0.05) is 17.4 Å². The lowest BCUT2D eigenvalue weighted by Crippen LogP contribution is -2.32. The summed E-state index contributed by atoms with van der Waals surface area (Å²) < 4.78 is 3.13. The fourth-order valence-corrected chi connectivity index (χ4v) is 4.64. The number of aryl methyl sites for hydroxylation is 2. The van der Waals surface area contributed by atoms with Crippen molar-refractivity contribution in [3.05, 3.63) is 72.3 Å². The molecule has 30 heavy (non-hydrogen) atoms. The predicted octanol–water partition coefficient (Wildman–Crippen LogP) is 5.68. The van der Waals surface area contributed by atoms with Crippen LogP contribution in [0.15, 0.2) is 66.1 Å². The van der Waals surface area contributed by atoms with Gasteiger partial charge in [0.2, 0.25) is 0 Å². The van der Waals surface area contributed by atoms with E-state index in [-0.39, 0.29) is 18.3 Å². The van der Waals surface area contributed by atoms with Gasteiger partial charge >= 0.3 is 0 Å². The molecule has 0 radical (unpaired) electrons. The van der Waals surface area contributed by atoms with Gasteiger partial charge in [-0.25, -0.2) is 9.97 Å². The van der Waals surface area contributed by atoms with Crippen LogP contribution >= 0.6 is 35.5 Å². The molecule has 2 aromatic carbocycles. The normalized spacial score (nSPS) is 10.7. The van der Waals surface area contributed by atoms with Gasteiger partial charge in [0, 0.05) is 35.9 Å². The zero-order chi connectivity index (χ0) is 20.2. The third-order valence-electron chi connectivity index (χ3n) is 4.70. The fraction of sp³-hybridized carbons (Fsp3) is 0.227. The number of hydrogen-bond donors (Lipinski definition) is 0. The number of benzene rings is 2. The van der Waals surface area contributed by atoms with E-state index in [0.29, 0.717) is 12.1 Å². The van der Waals surface area contributed by atoms with Crippen molar-refractivity contribution in [3.63, 3.8) is 0 Å². The first-order valence-corrected chi connectivity index (χ1v) is 11.5. The van der Waals surface area contributed by atoms with Crippen molar-refractivity contribution in [2.24, 2.45) is 0 Å². The highest BCUT2D eigenvalue weighted by Crippen LogP contribution is 2.31. The van der Waals surface area contributed by atoms with E-state index < -0.39 is 0 Å². The lowest BCUT2D eigenvalue weighted by atomic mass is 10.2. The summed E-state index contributed by atoms with van der Waals surface area (Å²) in [5, 5.41) is 0.746. The maximum Gasteiger partial charge on any atom is 0.260 e. The van der Waals surface area contributed by atoms with E-state index in [1.54, 1.807) is 35.6 Å². The molecular formula is C22H23ClN4OS2. The summed E-state index contributed by atoms with van der Waals surface area (Å²) in [5.41, 5.74) is 2.81. The molecule has 0 aliphatic carbocycles. The Balaban J connectivity index is 0.00000256. The largest absolute Gasteiger partial charge is 0.337 e. The molecule has 0 spiro atoms. The molecule has 2 aromatic heterocycles. The Hall–Kier alpha value is -2.35. The third kappa shape index (κ3) is 5.03. The summed E-state index contributed by atoms with van der Waals surface area (Å²) in [6, 6.07) is 14.0. The van der Waals surface area contributed by atoms with Gasteiger partial charge in [0.1, 0.15) is 0 Å². The molecule has 1 amide bonds. The number of fused-ring (bicyclic) bond motifs is 1. The zero-order valence-corrected chi connectivity index (χ0v) is 19.3. The van der Waals surface area contributed by atoms with Crippen LogP contribution in [0.4, 0.5) is 5.13 Å². The Morgan fingerprint density at radius 3 is 2.70 bits per heavy atom. The Kier molecular flexibility index (Phi) is 7.53. The number of carbonyl (C=O) groups excluding carboxylic acids is 1. The number of aromatic nitrogens is 3. The molecular weight excluding hydrogens is 436 g/mol. The monoisotopic (exact) mass is 458 g/mol. The van der Waals surface area contributed by atoms with Crippen molar-refractivity contribution in [2.45, 2.75) is 24.8 Å². The van der Waals surface area contributed by atoms with Crippen LogP contribution < -0.4 is 4.90 Å². The summed E-state index contributed by atoms with van der Waals surface area (Å²) in [6.07, 6.45) is 8.36. The molecule has 2 heterocycles. The number of carbonyl (C=O) groups is 1. The van der Waals surface area contributed by atoms with Crippen LogP contribution in [0.5, 0.6) is 0 Å². The lowest BCUT2D eigenvalue weighted by Gasteiger charge is -2.20. The predicted molar refractivity (Wildman–Crippen MR) is 128 cm³/mol. The van der Waals surface area contributed by atoms with Gasteiger partial charge in [0.15, 0.2) is 5.13 Å². The van der Waals surface area contributed by atoms with E-state index in [0.717, 1.165) is 33.2 Å². The number of hydrogen-bond acceptors (Lipinski definition) is 5. The number of amides is 1. The fourth-order valence-electron chi connectivity index (χ4n) is 3.14. The number of imidazole rings is 1. The Bertz CT molecular complexity index is 1110. The van der Waals surface area contributed by atoms with E-state index in [9.17, 15) is 4.79 Å². The van der Waals surface area contributed by atoms with E-state index in [4.69, 9.17) is 4.98 Å². The summed E-state index contributed by atoms with van der Waals surface area (Å²) in [7, 11) is 0.